The largest absolute Gasteiger partial charge is 0.462 e. The number of esters is 1. The zero-order valence-corrected chi connectivity index (χ0v) is 45.8. The van der Waals surface area contributed by atoms with Crippen LogP contribution in [0.2, 0.25) is 0 Å². The Balaban J connectivity index is 1.15. The first-order valence-electron chi connectivity index (χ1n) is 30.2. The van der Waals surface area contributed by atoms with Crippen LogP contribution in [0.5, 0.6) is 0 Å². The smallest absolute Gasteiger partial charge is 0.306 e. The molecular weight excluding hydrogens is 837 g/mol. The lowest BCUT2D eigenvalue weighted by molar-refractivity contribution is -0.183. The number of amides is 1. The lowest BCUT2D eigenvalue weighted by Gasteiger charge is -2.62. The maximum absolute atomic E-state index is 13.4. The summed E-state index contributed by atoms with van der Waals surface area (Å²) < 4.78 is 6.29. The Bertz CT molecular complexity index is 1370. The molecule has 0 radical (unpaired) electrons. The minimum atomic E-state index is -0.266. The van der Waals surface area contributed by atoms with Crippen LogP contribution in [-0.4, -0.2) is 60.3 Å². The predicted octanol–water partition coefficient (Wildman–Crippen LogP) is 16.7. The van der Waals surface area contributed by atoms with Gasteiger partial charge < -0.3 is 20.1 Å². The number of fused-ring (bicyclic) bond motifs is 5. The second kappa shape index (κ2) is 33.9. The van der Waals surface area contributed by atoms with Gasteiger partial charge in [0, 0.05) is 19.4 Å². The van der Waals surface area contributed by atoms with Crippen molar-refractivity contribution in [1.82, 2.24) is 10.2 Å². The van der Waals surface area contributed by atoms with Gasteiger partial charge in [0.1, 0.15) is 6.10 Å². The molecule has 0 heterocycles. The van der Waals surface area contributed by atoms with E-state index in [9.17, 15) is 14.7 Å². The molecular formula is C62H112N2O4. The van der Waals surface area contributed by atoms with Crippen molar-refractivity contribution in [2.24, 2.45) is 46.3 Å². The molecule has 6 heteroatoms. The number of unbranched alkanes of at least 4 members (excludes halogenated alkanes) is 19. The molecule has 4 aliphatic rings. The monoisotopic (exact) mass is 949 g/mol. The molecule has 0 aliphatic heterocycles. The molecule has 1 amide bonds. The minimum Gasteiger partial charge on any atom is -0.462 e. The van der Waals surface area contributed by atoms with Gasteiger partial charge in [-0.3, -0.25) is 9.59 Å². The second-order valence-corrected chi connectivity index (χ2v) is 23.8. The average molecular weight is 950 g/mol. The molecule has 68 heavy (non-hydrogen) atoms. The number of allylic oxidation sites excluding steroid dienone is 4. The van der Waals surface area contributed by atoms with Crippen molar-refractivity contribution in [3.05, 3.63) is 24.3 Å². The summed E-state index contributed by atoms with van der Waals surface area (Å²) in [5.41, 5.74) is 0.454. The molecule has 0 aromatic rings. The van der Waals surface area contributed by atoms with Crippen molar-refractivity contribution < 1.29 is 19.4 Å². The van der Waals surface area contributed by atoms with Crippen LogP contribution in [0.15, 0.2) is 24.3 Å². The summed E-state index contributed by atoms with van der Waals surface area (Å²) in [6.07, 6.45) is 51.8. The van der Waals surface area contributed by atoms with Gasteiger partial charge >= 0.3 is 5.97 Å². The van der Waals surface area contributed by atoms with Crippen LogP contribution < -0.4 is 5.32 Å². The number of hydrogen-bond donors (Lipinski definition) is 2. The fraction of sp³-hybridized carbons (Fsp3) is 0.903. The normalized spacial score (nSPS) is 28.5. The summed E-state index contributed by atoms with van der Waals surface area (Å²) in [6.45, 7) is 18.4. The summed E-state index contributed by atoms with van der Waals surface area (Å²) >= 11 is 0. The molecule has 394 valence electrons. The summed E-state index contributed by atoms with van der Waals surface area (Å²) in [6, 6.07) is 0. The van der Waals surface area contributed by atoms with Gasteiger partial charge in [0.15, 0.2) is 0 Å². The second-order valence-electron chi connectivity index (χ2n) is 23.8. The van der Waals surface area contributed by atoms with Crippen LogP contribution >= 0.6 is 0 Å². The van der Waals surface area contributed by atoms with E-state index < -0.39 is 0 Å². The van der Waals surface area contributed by atoms with E-state index in [1.54, 1.807) is 0 Å². The molecule has 0 aromatic carbocycles. The van der Waals surface area contributed by atoms with Crippen LogP contribution in [0.3, 0.4) is 0 Å². The van der Waals surface area contributed by atoms with E-state index in [-0.39, 0.29) is 34.9 Å². The van der Waals surface area contributed by atoms with E-state index in [1.807, 2.05) is 0 Å². The maximum Gasteiger partial charge on any atom is 0.306 e. The molecule has 4 fully saturated rings. The van der Waals surface area contributed by atoms with Crippen molar-refractivity contribution in [1.29, 1.82) is 0 Å². The highest BCUT2D eigenvalue weighted by Crippen LogP contribution is 2.68. The summed E-state index contributed by atoms with van der Waals surface area (Å²) in [7, 11) is 0. The highest BCUT2D eigenvalue weighted by atomic mass is 16.5. The van der Waals surface area contributed by atoms with Gasteiger partial charge in [-0.05, 0) is 188 Å². The standard InChI is InChI=1S/C62H112N2O4/c1-7-10-13-16-19-22-23-24-25-26-29-32-45-63-58(66)40-37-51(4)54-38-39-55-60-56(42-44-62(54,55)6)61(5)43-41-53(49-52(61)50-57(60)65)68-59(67)36-35-48-64(46-33-30-27-20-17-14-11-8-2)47-34-31-28-21-18-15-12-9-3/h17-18,20-21,51-57,60,65H,7-16,19,22-50H2,1-6H3,(H,63,66)/b20-17+,21-18+/t51-,52+,53-,54-,55+,56+,57+,60+,61+,62-/m1/s1. The van der Waals surface area contributed by atoms with Crippen LogP contribution in [0.25, 0.3) is 0 Å². The van der Waals surface area contributed by atoms with E-state index in [1.165, 1.54) is 173 Å². The summed E-state index contributed by atoms with van der Waals surface area (Å²) in [5.74, 6) is 3.28. The number of nitrogens with one attached hydrogen (secondary N) is 1. The molecule has 0 spiro atoms. The molecule has 4 aliphatic carbocycles. The number of aliphatic hydroxyl groups is 1. The maximum atomic E-state index is 13.4. The predicted molar refractivity (Wildman–Crippen MR) is 290 cm³/mol. The van der Waals surface area contributed by atoms with Gasteiger partial charge in [0.25, 0.3) is 0 Å². The van der Waals surface area contributed by atoms with Crippen LogP contribution in [0.1, 0.15) is 273 Å². The van der Waals surface area contributed by atoms with Gasteiger partial charge in [-0.1, -0.05) is 162 Å². The minimum absolute atomic E-state index is 0.0107. The van der Waals surface area contributed by atoms with Crippen molar-refractivity contribution in [2.45, 2.75) is 285 Å². The quantitative estimate of drug-likeness (QED) is 0.0366. The van der Waals surface area contributed by atoms with E-state index >= 15 is 0 Å². The molecule has 0 aromatic heterocycles. The first kappa shape index (κ1) is 58.9. The molecule has 10 atom stereocenters. The van der Waals surface area contributed by atoms with E-state index in [0.717, 1.165) is 71.1 Å². The third kappa shape index (κ3) is 20.1. The highest BCUT2D eigenvalue weighted by Gasteiger charge is 2.63. The summed E-state index contributed by atoms with van der Waals surface area (Å²) in [5, 5.41) is 15.3. The Kier molecular flexibility index (Phi) is 29.4. The van der Waals surface area contributed by atoms with Gasteiger partial charge in [-0.2, -0.15) is 0 Å². The first-order valence-corrected chi connectivity index (χ1v) is 30.2. The number of carbonyl (C=O) groups excluding carboxylic acids is 2. The zero-order chi connectivity index (χ0) is 48.9. The number of ether oxygens (including phenoxy) is 1. The topological polar surface area (TPSA) is 78.9 Å². The molecule has 6 nitrogen and oxygen atoms in total. The lowest BCUT2D eigenvalue weighted by atomic mass is 9.43. The molecule has 0 unspecified atom stereocenters. The van der Waals surface area contributed by atoms with Crippen LogP contribution in [0.4, 0.5) is 0 Å². The van der Waals surface area contributed by atoms with Crippen molar-refractivity contribution in [3.63, 3.8) is 0 Å². The number of nitrogens with zero attached hydrogens (tertiary/aromatic N) is 1. The van der Waals surface area contributed by atoms with Crippen molar-refractivity contribution >= 4 is 11.9 Å². The third-order valence-electron chi connectivity index (χ3n) is 18.7. The number of carbonyl (C=O) groups is 2. The zero-order valence-electron chi connectivity index (χ0n) is 45.8. The average Bonchev–Trinajstić information content (AvgIpc) is 3.68. The third-order valence-corrected chi connectivity index (χ3v) is 18.7. The van der Waals surface area contributed by atoms with Gasteiger partial charge in [-0.25, -0.2) is 0 Å². The van der Waals surface area contributed by atoms with Gasteiger partial charge in [-0.15, -0.1) is 0 Å². The van der Waals surface area contributed by atoms with Gasteiger partial charge in [0.2, 0.25) is 5.91 Å². The Hall–Kier alpha value is -1.66. The molecule has 0 saturated heterocycles. The van der Waals surface area contributed by atoms with E-state index in [0.29, 0.717) is 48.3 Å². The molecule has 0 bridgehead atoms. The Morgan fingerprint density at radius 1 is 0.618 bits per heavy atom. The molecule has 2 N–H and O–H groups in total. The number of hydrogen-bond acceptors (Lipinski definition) is 5. The summed E-state index contributed by atoms with van der Waals surface area (Å²) in [4.78, 5) is 29.0. The fourth-order valence-corrected chi connectivity index (χ4v) is 14.4. The van der Waals surface area contributed by atoms with Crippen molar-refractivity contribution in [2.75, 3.05) is 26.2 Å². The van der Waals surface area contributed by atoms with Crippen LogP contribution in [0, 0.1) is 46.3 Å². The molecule has 4 saturated carbocycles. The number of aliphatic hydroxyl groups excluding tert-OH is 1. The lowest BCUT2D eigenvalue weighted by Crippen LogP contribution is -2.58. The van der Waals surface area contributed by atoms with Gasteiger partial charge in [0.05, 0.1) is 6.10 Å². The Morgan fingerprint density at radius 2 is 1.15 bits per heavy atom. The molecule has 4 rings (SSSR count). The van der Waals surface area contributed by atoms with Crippen molar-refractivity contribution in [3.8, 4) is 0 Å². The first-order chi connectivity index (χ1) is 33.1. The van der Waals surface area contributed by atoms with E-state index in [2.05, 4.69) is 76.1 Å². The Morgan fingerprint density at radius 3 is 1.75 bits per heavy atom. The van der Waals surface area contributed by atoms with E-state index in [4.69, 9.17) is 4.74 Å². The SMILES string of the molecule is CCCC/C=C/CCCCN(CCCC/C=C/CCCC)CCCC(=O)O[C@@H]1CC[C@@]2(C)[C@@H](C1)C[C@H](O)[C@@H]1[C@@H]2CC[C@]2(C)[C@@H]([C@H](C)CCC(=O)NCCCCCCCCCCCCCC)CC[C@@H]12. The number of rotatable bonds is 38. The fourth-order valence-electron chi connectivity index (χ4n) is 14.4. The Labute approximate surface area is 421 Å². The van der Waals surface area contributed by atoms with Crippen LogP contribution in [-0.2, 0) is 14.3 Å². The highest BCUT2D eigenvalue weighted by molar-refractivity contribution is 5.75.